The average Bonchev–Trinajstić information content (AvgIpc) is 3.15. The van der Waals surface area contributed by atoms with Crippen LogP contribution in [0, 0.1) is 6.92 Å². The van der Waals surface area contributed by atoms with Gasteiger partial charge in [0.05, 0.1) is 29.5 Å². The third-order valence-electron chi connectivity index (χ3n) is 4.01. The lowest BCUT2D eigenvalue weighted by molar-refractivity contribution is -0.113. The molecule has 0 spiro atoms. The lowest BCUT2D eigenvalue weighted by Gasteiger charge is -2.12. The molecule has 30 heavy (non-hydrogen) atoms. The highest BCUT2D eigenvalue weighted by Gasteiger charge is 2.16. The van der Waals surface area contributed by atoms with Crippen LogP contribution in [0.3, 0.4) is 0 Å². The molecule has 0 bridgehead atoms. The van der Waals surface area contributed by atoms with E-state index in [4.69, 9.17) is 9.15 Å². The third-order valence-corrected chi connectivity index (χ3v) is 4.83. The van der Waals surface area contributed by atoms with Gasteiger partial charge in [-0.15, -0.1) is 10.2 Å². The predicted molar refractivity (Wildman–Crippen MR) is 115 cm³/mol. The summed E-state index contributed by atoms with van der Waals surface area (Å²) in [6, 6.07) is 14.8. The number of aryl methyl sites for hydroxylation is 1. The van der Waals surface area contributed by atoms with Gasteiger partial charge in [-0.1, -0.05) is 53.7 Å². The largest absolute Gasteiger partial charge is 0.459 e. The number of rotatable bonds is 8. The molecule has 1 aromatic heterocycles. The van der Waals surface area contributed by atoms with E-state index in [9.17, 15) is 9.59 Å². The van der Waals surface area contributed by atoms with E-state index in [0.29, 0.717) is 28.8 Å². The van der Waals surface area contributed by atoms with Crippen molar-refractivity contribution in [3.05, 3.63) is 71.1 Å². The number of anilines is 1. The van der Waals surface area contributed by atoms with Gasteiger partial charge in [-0.3, -0.25) is 4.79 Å². The van der Waals surface area contributed by atoms with Gasteiger partial charge < -0.3 is 14.5 Å². The topological polar surface area (TPSA) is 94.3 Å². The molecule has 0 saturated heterocycles. The number of benzene rings is 2. The second kappa shape index (κ2) is 10.1. The number of para-hydroxylation sites is 1. The van der Waals surface area contributed by atoms with Crippen molar-refractivity contribution in [2.24, 2.45) is 0 Å². The number of esters is 1. The van der Waals surface area contributed by atoms with E-state index in [2.05, 4.69) is 15.5 Å². The van der Waals surface area contributed by atoms with Gasteiger partial charge in [-0.05, 0) is 38.5 Å². The maximum atomic E-state index is 12.3. The van der Waals surface area contributed by atoms with Crippen LogP contribution in [0.25, 0.3) is 0 Å². The summed E-state index contributed by atoms with van der Waals surface area (Å²) in [4.78, 5) is 24.5. The minimum absolute atomic E-state index is 0.0692. The number of hydrogen-bond donors (Lipinski definition) is 1. The van der Waals surface area contributed by atoms with Crippen molar-refractivity contribution in [3.63, 3.8) is 0 Å². The molecular formula is C22H23N3O4S. The Morgan fingerprint density at radius 3 is 2.57 bits per heavy atom. The van der Waals surface area contributed by atoms with Crippen LogP contribution in [0.5, 0.6) is 0 Å². The van der Waals surface area contributed by atoms with Crippen molar-refractivity contribution in [1.29, 1.82) is 0 Å². The van der Waals surface area contributed by atoms with E-state index < -0.39 is 5.97 Å². The zero-order chi connectivity index (χ0) is 21.5. The number of amides is 1. The van der Waals surface area contributed by atoms with Crippen molar-refractivity contribution in [2.45, 2.75) is 38.5 Å². The Morgan fingerprint density at radius 1 is 1.10 bits per heavy atom. The van der Waals surface area contributed by atoms with E-state index in [0.717, 1.165) is 17.3 Å². The number of carbonyl (C=O) groups excluding carboxylic acids is 2. The van der Waals surface area contributed by atoms with Crippen LogP contribution in [0.1, 0.15) is 41.2 Å². The standard InChI is InChI=1S/C22H23N3O4S/c1-14(2)28-21(27)17-6-4-5-7-18(17)23-19(26)13-30-22-25-24-20(29-22)12-16-10-8-15(3)9-11-16/h4-11,14H,12-13H2,1-3H3,(H,23,26). The summed E-state index contributed by atoms with van der Waals surface area (Å²) in [5, 5.41) is 11.1. The molecule has 1 amide bonds. The van der Waals surface area contributed by atoms with Gasteiger partial charge in [0, 0.05) is 0 Å². The number of carbonyl (C=O) groups is 2. The number of nitrogens with zero attached hydrogens (tertiary/aromatic N) is 2. The molecule has 156 valence electrons. The first kappa shape index (κ1) is 21.6. The van der Waals surface area contributed by atoms with Gasteiger partial charge in [0.2, 0.25) is 11.8 Å². The van der Waals surface area contributed by atoms with Crippen LogP contribution < -0.4 is 5.32 Å². The van der Waals surface area contributed by atoms with Crippen LogP contribution in [-0.2, 0) is 16.0 Å². The molecule has 1 heterocycles. The van der Waals surface area contributed by atoms with Gasteiger partial charge >= 0.3 is 5.97 Å². The highest BCUT2D eigenvalue weighted by Crippen LogP contribution is 2.20. The minimum Gasteiger partial charge on any atom is -0.459 e. The first-order chi connectivity index (χ1) is 14.4. The molecule has 0 radical (unpaired) electrons. The first-order valence-electron chi connectivity index (χ1n) is 9.51. The fourth-order valence-corrected chi connectivity index (χ4v) is 3.19. The summed E-state index contributed by atoms with van der Waals surface area (Å²) in [5.41, 5.74) is 2.97. The van der Waals surface area contributed by atoms with Gasteiger partial charge in [-0.2, -0.15) is 0 Å². The van der Waals surface area contributed by atoms with E-state index in [1.54, 1.807) is 38.1 Å². The van der Waals surface area contributed by atoms with E-state index in [1.165, 1.54) is 5.56 Å². The van der Waals surface area contributed by atoms with E-state index in [1.807, 2.05) is 31.2 Å². The van der Waals surface area contributed by atoms with Crippen molar-refractivity contribution in [3.8, 4) is 0 Å². The van der Waals surface area contributed by atoms with Crippen LogP contribution in [-0.4, -0.2) is 33.9 Å². The van der Waals surface area contributed by atoms with Crippen LogP contribution >= 0.6 is 11.8 Å². The van der Waals surface area contributed by atoms with Crippen molar-refractivity contribution >= 4 is 29.3 Å². The number of nitrogens with one attached hydrogen (secondary N) is 1. The summed E-state index contributed by atoms with van der Waals surface area (Å²) < 4.78 is 10.8. The Bertz CT molecular complexity index is 1020. The average molecular weight is 426 g/mol. The van der Waals surface area contributed by atoms with E-state index >= 15 is 0 Å². The van der Waals surface area contributed by atoms with Crippen LogP contribution in [0.4, 0.5) is 5.69 Å². The summed E-state index contributed by atoms with van der Waals surface area (Å²) >= 11 is 1.14. The number of ether oxygens (including phenoxy) is 1. The minimum atomic E-state index is -0.480. The monoisotopic (exact) mass is 425 g/mol. The molecule has 0 atom stereocenters. The first-order valence-corrected chi connectivity index (χ1v) is 10.5. The predicted octanol–water partition coefficient (Wildman–Crippen LogP) is 4.26. The Balaban J connectivity index is 1.55. The van der Waals surface area contributed by atoms with Gasteiger partial charge in [0.25, 0.3) is 5.22 Å². The van der Waals surface area contributed by atoms with Gasteiger partial charge in [0.15, 0.2) is 0 Å². The lowest BCUT2D eigenvalue weighted by Crippen LogP contribution is -2.18. The Kier molecular flexibility index (Phi) is 7.24. The molecule has 1 N–H and O–H groups in total. The molecule has 0 aliphatic carbocycles. The smallest absolute Gasteiger partial charge is 0.340 e. The SMILES string of the molecule is Cc1ccc(Cc2nnc(SCC(=O)Nc3ccccc3C(=O)OC(C)C)o2)cc1. The van der Waals surface area contributed by atoms with Crippen LogP contribution in [0.15, 0.2) is 58.2 Å². The molecule has 3 aromatic rings. The molecule has 0 aliphatic rings. The number of aromatic nitrogens is 2. The molecule has 0 saturated carbocycles. The van der Waals surface area contributed by atoms with E-state index in [-0.39, 0.29) is 17.8 Å². The second-order valence-electron chi connectivity index (χ2n) is 6.96. The van der Waals surface area contributed by atoms with Crippen molar-refractivity contribution in [1.82, 2.24) is 10.2 Å². The summed E-state index contributed by atoms with van der Waals surface area (Å²) in [7, 11) is 0. The molecule has 0 fully saturated rings. The summed E-state index contributed by atoms with van der Waals surface area (Å²) in [6.45, 7) is 5.57. The fraction of sp³-hybridized carbons (Fsp3) is 0.273. The molecule has 8 heteroatoms. The zero-order valence-electron chi connectivity index (χ0n) is 17.0. The number of thioether (sulfide) groups is 1. The Morgan fingerprint density at radius 2 is 1.83 bits per heavy atom. The highest BCUT2D eigenvalue weighted by molar-refractivity contribution is 7.99. The molecule has 2 aromatic carbocycles. The number of hydrogen-bond acceptors (Lipinski definition) is 7. The Labute approximate surface area is 179 Å². The summed E-state index contributed by atoms with van der Waals surface area (Å²) in [5.74, 6) is -0.211. The molecule has 3 rings (SSSR count). The van der Waals surface area contributed by atoms with Gasteiger partial charge in [0.1, 0.15) is 0 Å². The maximum Gasteiger partial charge on any atom is 0.340 e. The quantitative estimate of drug-likeness (QED) is 0.425. The normalized spacial score (nSPS) is 10.8. The second-order valence-corrected chi connectivity index (χ2v) is 7.89. The molecule has 0 unspecified atom stereocenters. The Hall–Kier alpha value is -3.13. The lowest BCUT2D eigenvalue weighted by atomic mass is 10.1. The summed E-state index contributed by atoms with van der Waals surface area (Å²) in [6.07, 6.45) is 0.286. The van der Waals surface area contributed by atoms with Crippen molar-refractivity contribution in [2.75, 3.05) is 11.1 Å². The molecule has 0 aliphatic heterocycles. The van der Waals surface area contributed by atoms with Gasteiger partial charge in [-0.25, -0.2) is 4.79 Å². The highest BCUT2D eigenvalue weighted by atomic mass is 32.2. The van der Waals surface area contributed by atoms with Crippen LogP contribution in [0.2, 0.25) is 0 Å². The maximum absolute atomic E-state index is 12.3. The fourth-order valence-electron chi connectivity index (χ4n) is 2.61. The molecular weight excluding hydrogens is 402 g/mol. The zero-order valence-corrected chi connectivity index (χ0v) is 17.9. The van der Waals surface area contributed by atoms with Crippen molar-refractivity contribution < 1.29 is 18.7 Å². The third kappa shape index (κ3) is 6.18. The molecule has 7 nitrogen and oxygen atoms in total.